The molecule has 0 amide bonds. The highest BCUT2D eigenvalue weighted by Gasteiger charge is 2.30. The van der Waals surface area contributed by atoms with Crippen LogP contribution in [-0.2, 0) is 0 Å². The van der Waals surface area contributed by atoms with E-state index in [9.17, 15) is 10.5 Å². The number of hydrogen-bond acceptors (Lipinski definition) is 4. The van der Waals surface area contributed by atoms with Gasteiger partial charge in [0.05, 0.1) is 12.1 Å². The Labute approximate surface area is 123 Å². The van der Waals surface area contributed by atoms with Gasteiger partial charge in [0.1, 0.15) is 0 Å². The number of unbranched alkanes of at least 4 members (excludes halogenated alkanes) is 3. The van der Waals surface area contributed by atoms with Gasteiger partial charge in [0.2, 0.25) is 0 Å². The standard InChI is InChI=1S/C16H28N4/c1-5-8-10-12-16(7-3,14-18)20-19-15(4,13-17)11-9-6-2/h5-12H2,1-4H3/b20-19+. The Morgan fingerprint density at radius 2 is 1.50 bits per heavy atom. The Kier molecular flexibility index (Phi) is 8.81. The Morgan fingerprint density at radius 3 is 1.95 bits per heavy atom. The minimum Gasteiger partial charge on any atom is -0.196 e. The van der Waals surface area contributed by atoms with Gasteiger partial charge in [0.15, 0.2) is 11.1 Å². The Bertz CT molecular complexity index is 377. The smallest absolute Gasteiger partial charge is 0.167 e. The average Bonchev–Trinajstić information content (AvgIpc) is 2.49. The zero-order valence-corrected chi connectivity index (χ0v) is 13.4. The van der Waals surface area contributed by atoms with Crippen LogP contribution in [0.2, 0.25) is 0 Å². The first-order chi connectivity index (χ1) is 9.51. The average molecular weight is 276 g/mol. The SMILES string of the molecule is CCCCCC(C#N)(CC)/N=N/C(C)(C#N)CCCC. The Balaban J connectivity index is 4.91. The van der Waals surface area contributed by atoms with Crippen molar-refractivity contribution in [1.82, 2.24) is 0 Å². The van der Waals surface area contributed by atoms with Crippen molar-refractivity contribution in [2.45, 2.75) is 90.1 Å². The van der Waals surface area contributed by atoms with E-state index < -0.39 is 11.1 Å². The van der Waals surface area contributed by atoms with Crippen LogP contribution in [-0.4, -0.2) is 11.1 Å². The molecule has 0 spiro atoms. The Morgan fingerprint density at radius 1 is 0.850 bits per heavy atom. The summed E-state index contributed by atoms with van der Waals surface area (Å²) >= 11 is 0. The zero-order valence-electron chi connectivity index (χ0n) is 13.4. The molecular formula is C16H28N4. The molecule has 0 aromatic heterocycles. The number of azo groups is 1. The van der Waals surface area contributed by atoms with Gasteiger partial charge in [-0.15, -0.1) is 0 Å². The Hall–Kier alpha value is -1.42. The van der Waals surface area contributed by atoms with Gasteiger partial charge in [-0.1, -0.05) is 46.5 Å². The minimum absolute atomic E-state index is 0.645. The van der Waals surface area contributed by atoms with Crippen molar-refractivity contribution < 1.29 is 0 Å². The van der Waals surface area contributed by atoms with Crippen molar-refractivity contribution >= 4 is 0 Å². The summed E-state index contributed by atoms with van der Waals surface area (Å²) in [6.07, 6.45) is 7.25. The first-order valence-corrected chi connectivity index (χ1v) is 7.78. The lowest BCUT2D eigenvalue weighted by molar-refractivity contribution is 0.401. The van der Waals surface area contributed by atoms with Crippen molar-refractivity contribution in [2.24, 2.45) is 10.2 Å². The van der Waals surface area contributed by atoms with Crippen LogP contribution >= 0.6 is 0 Å². The van der Waals surface area contributed by atoms with E-state index in [0.29, 0.717) is 12.8 Å². The summed E-state index contributed by atoms with van der Waals surface area (Å²) < 4.78 is 0. The lowest BCUT2D eigenvalue weighted by Crippen LogP contribution is -2.26. The summed E-state index contributed by atoms with van der Waals surface area (Å²) in [4.78, 5) is 0. The second kappa shape index (κ2) is 9.48. The molecule has 2 atom stereocenters. The van der Waals surface area contributed by atoms with E-state index in [1.165, 1.54) is 0 Å². The molecule has 0 rings (SSSR count). The van der Waals surface area contributed by atoms with Gasteiger partial charge in [-0.05, 0) is 32.6 Å². The van der Waals surface area contributed by atoms with Gasteiger partial charge >= 0.3 is 0 Å². The molecule has 20 heavy (non-hydrogen) atoms. The van der Waals surface area contributed by atoms with Gasteiger partial charge in [-0.2, -0.15) is 20.8 Å². The van der Waals surface area contributed by atoms with Gasteiger partial charge in [-0.3, -0.25) is 0 Å². The molecule has 2 unspecified atom stereocenters. The molecule has 0 N–H and O–H groups in total. The van der Waals surface area contributed by atoms with Gasteiger partial charge < -0.3 is 0 Å². The van der Waals surface area contributed by atoms with Crippen LogP contribution in [0.4, 0.5) is 0 Å². The largest absolute Gasteiger partial charge is 0.196 e. The number of nitriles is 2. The second-order valence-corrected chi connectivity index (χ2v) is 5.64. The zero-order chi connectivity index (χ0) is 15.5. The predicted molar refractivity (Wildman–Crippen MR) is 81.2 cm³/mol. The highest BCUT2D eigenvalue weighted by atomic mass is 15.2. The van der Waals surface area contributed by atoms with Gasteiger partial charge in [0, 0.05) is 0 Å². The summed E-state index contributed by atoms with van der Waals surface area (Å²) in [6, 6.07) is 4.54. The molecule has 0 aliphatic heterocycles. The molecule has 0 aromatic carbocycles. The van der Waals surface area contributed by atoms with E-state index in [4.69, 9.17) is 0 Å². The fourth-order valence-electron chi connectivity index (χ4n) is 1.98. The van der Waals surface area contributed by atoms with Crippen molar-refractivity contribution in [3.8, 4) is 12.1 Å². The molecular weight excluding hydrogens is 248 g/mol. The van der Waals surface area contributed by atoms with Crippen molar-refractivity contribution in [3.63, 3.8) is 0 Å². The molecule has 0 aromatic rings. The first-order valence-electron chi connectivity index (χ1n) is 7.78. The predicted octanol–water partition coefficient (Wildman–Crippen LogP) is 5.16. The quantitative estimate of drug-likeness (QED) is 0.408. The van der Waals surface area contributed by atoms with Crippen LogP contribution in [0.15, 0.2) is 10.2 Å². The van der Waals surface area contributed by atoms with E-state index in [1.807, 2.05) is 6.92 Å². The van der Waals surface area contributed by atoms with E-state index in [-0.39, 0.29) is 0 Å². The molecule has 0 aliphatic carbocycles. The van der Waals surface area contributed by atoms with Crippen molar-refractivity contribution in [1.29, 1.82) is 10.5 Å². The third kappa shape index (κ3) is 6.15. The third-order valence-corrected chi connectivity index (χ3v) is 3.71. The highest BCUT2D eigenvalue weighted by molar-refractivity contribution is 5.08. The van der Waals surface area contributed by atoms with Crippen LogP contribution < -0.4 is 0 Å². The molecule has 4 nitrogen and oxygen atoms in total. The molecule has 112 valence electrons. The maximum absolute atomic E-state index is 9.43. The maximum Gasteiger partial charge on any atom is 0.167 e. The van der Waals surface area contributed by atoms with Crippen LogP contribution in [0, 0.1) is 22.7 Å². The molecule has 0 radical (unpaired) electrons. The normalized spacial score (nSPS) is 17.1. The summed E-state index contributed by atoms with van der Waals surface area (Å²) in [5.41, 5.74) is -1.54. The molecule has 0 heterocycles. The third-order valence-electron chi connectivity index (χ3n) is 3.71. The first kappa shape index (κ1) is 18.6. The van der Waals surface area contributed by atoms with E-state index in [2.05, 4.69) is 36.2 Å². The monoisotopic (exact) mass is 276 g/mol. The fourth-order valence-corrected chi connectivity index (χ4v) is 1.98. The van der Waals surface area contributed by atoms with Crippen LogP contribution in [0.5, 0.6) is 0 Å². The maximum atomic E-state index is 9.43. The highest BCUT2D eigenvalue weighted by Crippen LogP contribution is 2.27. The van der Waals surface area contributed by atoms with E-state index in [0.717, 1.165) is 38.5 Å². The summed E-state index contributed by atoms with van der Waals surface area (Å²) in [7, 11) is 0. The van der Waals surface area contributed by atoms with Gasteiger partial charge in [-0.25, -0.2) is 0 Å². The minimum atomic E-state index is -0.794. The lowest BCUT2D eigenvalue weighted by atomic mass is 9.92. The fraction of sp³-hybridized carbons (Fsp3) is 0.875. The number of nitrogens with zero attached hydrogens (tertiary/aromatic N) is 4. The molecule has 4 heteroatoms. The molecule has 0 saturated carbocycles. The summed E-state index contributed by atoms with van der Waals surface area (Å²) in [5.74, 6) is 0. The molecule has 0 bridgehead atoms. The van der Waals surface area contributed by atoms with Crippen LogP contribution in [0.1, 0.15) is 79.1 Å². The van der Waals surface area contributed by atoms with E-state index >= 15 is 0 Å². The summed E-state index contributed by atoms with van der Waals surface area (Å²) in [5, 5.41) is 27.3. The number of rotatable bonds is 10. The van der Waals surface area contributed by atoms with Crippen molar-refractivity contribution in [2.75, 3.05) is 0 Å². The second-order valence-electron chi connectivity index (χ2n) is 5.64. The topological polar surface area (TPSA) is 72.3 Å². The van der Waals surface area contributed by atoms with Crippen molar-refractivity contribution in [3.05, 3.63) is 0 Å². The van der Waals surface area contributed by atoms with Gasteiger partial charge in [0.25, 0.3) is 0 Å². The molecule has 0 fully saturated rings. The van der Waals surface area contributed by atoms with Crippen LogP contribution in [0.3, 0.4) is 0 Å². The van der Waals surface area contributed by atoms with E-state index in [1.54, 1.807) is 6.92 Å². The summed E-state index contributed by atoms with van der Waals surface area (Å²) in [6.45, 7) is 7.99. The number of hydrogen-bond donors (Lipinski definition) is 0. The van der Waals surface area contributed by atoms with Crippen LogP contribution in [0.25, 0.3) is 0 Å². The lowest BCUT2D eigenvalue weighted by Gasteiger charge is -2.21. The molecule has 0 saturated heterocycles. The molecule has 0 aliphatic rings.